The van der Waals surface area contributed by atoms with Gasteiger partial charge in [-0.2, -0.15) is 0 Å². The van der Waals surface area contributed by atoms with E-state index in [0.717, 1.165) is 40.9 Å². The van der Waals surface area contributed by atoms with Gasteiger partial charge in [-0.25, -0.2) is 0 Å². The number of rotatable bonds is 6. The number of methoxy groups -OCH3 is 1. The van der Waals surface area contributed by atoms with E-state index in [1.807, 2.05) is 37.4 Å². The Labute approximate surface area is 181 Å². The second-order valence-corrected chi connectivity index (χ2v) is 8.91. The molecule has 0 radical (unpaired) electrons. The van der Waals surface area contributed by atoms with Gasteiger partial charge in [-0.1, -0.05) is 43.8 Å². The Kier molecular flexibility index (Phi) is 5.81. The molecule has 0 N–H and O–H groups in total. The van der Waals surface area contributed by atoms with E-state index in [-0.39, 0.29) is 11.2 Å². The summed E-state index contributed by atoms with van der Waals surface area (Å²) < 4.78 is 7.39. The summed E-state index contributed by atoms with van der Waals surface area (Å²) in [4.78, 5) is 14.3. The molecule has 156 valence electrons. The zero-order valence-corrected chi connectivity index (χ0v) is 18.5. The standard InChI is InChI=1S/C23H26N4O2S/c1-15(2)18-7-5-6-8-19(18)27-21(16-9-11-17(29-4)12-10-16)24-25-23(27)30-20-13-14-26(3)22(20)28/h5-12,15,20H,13-14H2,1-4H3. The second kappa shape index (κ2) is 8.52. The van der Waals surface area contributed by atoms with Gasteiger partial charge in [-0.05, 0) is 48.2 Å². The first-order valence-electron chi connectivity index (χ1n) is 10.1. The lowest BCUT2D eigenvalue weighted by Crippen LogP contribution is -2.24. The van der Waals surface area contributed by atoms with Crippen LogP contribution in [-0.4, -0.2) is 51.5 Å². The van der Waals surface area contributed by atoms with Crippen LogP contribution in [0, 0.1) is 0 Å². The van der Waals surface area contributed by atoms with Crippen molar-refractivity contribution in [2.24, 2.45) is 0 Å². The van der Waals surface area contributed by atoms with Crippen LogP contribution in [0.1, 0.15) is 31.7 Å². The number of hydrogen-bond donors (Lipinski definition) is 0. The molecule has 0 bridgehead atoms. The van der Waals surface area contributed by atoms with Crippen LogP contribution >= 0.6 is 11.8 Å². The van der Waals surface area contributed by atoms with Gasteiger partial charge >= 0.3 is 0 Å². The van der Waals surface area contributed by atoms with Gasteiger partial charge in [0, 0.05) is 19.2 Å². The third-order valence-corrected chi connectivity index (χ3v) is 6.60. The highest BCUT2D eigenvalue weighted by molar-refractivity contribution is 8.00. The van der Waals surface area contributed by atoms with Crippen molar-refractivity contribution in [3.63, 3.8) is 0 Å². The van der Waals surface area contributed by atoms with E-state index in [2.05, 4.69) is 46.8 Å². The molecule has 0 spiro atoms. The minimum absolute atomic E-state index is 0.132. The number of nitrogens with zero attached hydrogens (tertiary/aromatic N) is 4. The molecular weight excluding hydrogens is 396 g/mol. The van der Waals surface area contributed by atoms with Gasteiger partial charge in [-0.15, -0.1) is 10.2 Å². The number of likely N-dealkylation sites (tertiary alicyclic amines) is 1. The predicted octanol–water partition coefficient (Wildman–Crippen LogP) is 4.39. The monoisotopic (exact) mass is 422 g/mol. The highest BCUT2D eigenvalue weighted by Gasteiger charge is 2.32. The van der Waals surface area contributed by atoms with E-state index in [9.17, 15) is 4.79 Å². The fraction of sp³-hybridized carbons (Fsp3) is 0.348. The van der Waals surface area contributed by atoms with Crippen LogP contribution in [0.2, 0.25) is 0 Å². The van der Waals surface area contributed by atoms with Gasteiger partial charge in [0.2, 0.25) is 5.91 Å². The maximum Gasteiger partial charge on any atom is 0.235 e. The van der Waals surface area contributed by atoms with Crippen molar-refractivity contribution < 1.29 is 9.53 Å². The molecule has 1 atom stereocenters. The van der Waals surface area contributed by atoms with Crippen molar-refractivity contribution in [2.75, 3.05) is 20.7 Å². The van der Waals surface area contributed by atoms with Crippen LogP contribution in [0.15, 0.2) is 53.7 Å². The maximum absolute atomic E-state index is 12.5. The van der Waals surface area contributed by atoms with Gasteiger partial charge < -0.3 is 9.64 Å². The average molecular weight is 423 g/mol. The Balaban J connectivity index is 1.83. The first kappa shape index (κ1) is 20.5. The van der Waals surface area contributed by atoms with Crippen LogP contribution in [-0.2, 0) is 4.79 Å². The average Bonchev–Trinajstić information content (AvgIpc) is 3.32. The van der Waals surface area contributed by atoms with Crippen LogP contribution in [0.5, 0.6) is 5.75 Å². The summed E-state index contributed by atoms with van der Waals surface area (Å²) in [5, 5.41) is 9.65. The minimum Gasteiger partial charge on any atom is -0.497 e. The topological polar surface area (TPSA) is 60.3 Å². The van der Waals surface area contributed by atoms with E-state index in [1.54, 1.807) is 12.0 Å². The van der Waals surface area contributed by atoms with E-state index >= 15 is 0 Å². The molecule has 1 aliphatic heterocycles. The number of hydrogen-bond acceptors (Lipinski definition) is 5. The summed E-state index contributed by atoms with van der Waals surface area (Å²) in [5.74, 6) is 2.04. The van der Waals surface area contributed by atoms with Gasteiger partial charge in [0.05, 0.1) is 18.0 Å². The molecule has 2 aromatic carbocycles. The molecule has 6 nitrogen and oxygen atoms in total. The molecule has 7 heteroatoms. The molecule has 2 heterocycles. The van der Waals surface area contributed by atoms with Gasteiger partial charge in [0.15, 0.2) is 11.0 Å². The van der Waals surface area contributed by atoms with Crippen LogP contribution in [0.25, 0.3) is 17.1 Å². The Morgan fingerprint density at radius 3 is 2.47 bits per heavy atom. The van der Waals surface area contributed by atoms with E-state index < -0.39 is 0 Å². The molecule has 1 aliphatic rings. The van der Waals surface area contributed by atoms with Crippen molar-refractivity contribution >= 4 is 17.7 Å². The van der Waals surface area contributed by atoms with E-state index in [0.29, 0.717) is 5.92 Å². The quantitative estimate of drug-likeness (QED) is 0.590. The number of para-hydroxylation sites is 1. The molecule has 30 heavy (non-hydrogen) atoms. The molecule has 4 rings (SSSR count). The largest absolute Gasteiger partial charge is 0.497 e. The lowest BCUT2D eigenvalue weighted by atomic mass is 10.0. The third-order valence-electron chi connectivity index (χ3n) is 5.41. The summed E-state index contributed by atoms with van der Waals surface area (Å²) in [6.07, 6.45) is 0.816. The molecule has 0 aliphatic carbocycles. The Hall–Kier alpha value is -2.80. The number of aromatic nitrogens is 3. The summed E-state index contributed by atoms with van der Waals surface area (Å²) >= 11 is 1.50. The number of carbonyl (C=O) groups is 1. The lowest BCUT2D eigenvalue weighted by Gasteiger charge is -2.18. The smallest absolute Gasteiger partial charge is 0.235 e. The first-order chi connectivity index (χ1) is 14.5. The first-order valence-corrected chi connectivity index (χ1v) is 11.0. The van der Waals surface area contributed by atoms with Gasteiger partial charge in [0.25, 0.3) is 0 Å². The van der Waals surface area contributed by atoms with E-state index in [4.69, 9.17) is 4.74 Å². The van der Waals surface area contributed by atoms with Crippen LogP contribution in [0.4, 0.5) is 0 Å². The highest BCUT2D eigenvalue weighted by Crippen LogP contribution is 2.36. The summed E-state index contributed by atoms with van der Waals surface area (Å²) in [7, 11) is 3.51. The minimum atomic E-state index is -0.132. The number of benzene rings is 2. The van der Waals surface area contributed by atoms with Crippen molar-refractivity contribution in [3.05, 3.63) is 54.1 Å². The fourth-order valence-electron chi connectivity index (χ4n) is 3.70. The molecule has 3 aromatic rings. The predicted molar refractivity (Wildman–Crippen MR) is 119 cm³/mol. The highest BCUT2D eigenvalue weighted by atomic mass is 32.2. The van der Waals surface area contributed by atoms with Crippen LogP contribution in [0.3, 0.4) is 0 Å². The molecule has 1 amide bonds. The zero-order chi connectivity index (χ0) is 21.3. The van der Waals surface area contributed by atoms with Gasteiger partial charge in [-0.3, -0.25) is 9.36 Å². The van der Waals surface area contributed by atoms with Crippen LogP contribution < -0.4 is 4.74 Å². The summed E-state index contributed by atoms with van der Waals surface area (Å²) in [6, 6.07) is 16.1. The third kappa shape index (κ3) is 3.81. The Morgan fingerprint density at radius 2 is 1.83 bits per heavy atom. The molecule has 1 saturated heterocycles. The molecule has 0 saturated carbocycles. The Bertz CT molecular complexity index is 1050. The number of carbonyl (C=O) groups excluding carboxylic acids is 1. The fourth-order valence-corrected chi connectivity index (χ4v) is 4.83. The maximum atomic E-state index is 12.5. The SMILES string of the molecule is COc1ccc(-c2nnc(SC3CCN(C)C3=O)n2-c2ccccc2C(C)C)cc1. The Morgan fingerprint density at radius 1 is 1.10 bits per heavy atom. The molecule has 1 fully saturated rings. The normalized spacial score (nSPS) is 16.5. The number of thioether (sulfide) groups is 1. The second-order valence-electron chi connectivity index (χ2n) is 7.74. The van der Waals surface area contributed by atoms with Crippen molar-refractivity contribution in [2.45, 2.75) is 36.6 Å². The molecule has 1 unspecified atom stereocenters. The van der Waals surface area contributed by atoms with Crippen molar-refractivity contribution in [1.29, 1.82) is 0 Å². The lowest BCUT2D eigenvalue weighted by molar-refractivity contribution is -0.126. The van der Waals surface area contributed by atoms with Crippen molar-refractivity contribution in [3.8, 4) is 22.8 Å². The van der Waals surface area contributed by atoms with Crippen molar-refractivity contribution in [1.82, 2.24) is 19.7 Å². The number of ether oxygens (including phenoxy) is 1. The summed E-state index contributed by atoms with van der Waals surface area (Å²) in [5.41, 5.74) is 3.21. The van der Waals surface area contributed by atoms with Gasteiger partial charge in [0.1, 0.15) is 5.75 Å². The molecular formula is C23H26N4O2S. The zero-order valence-electron chi connectivity index (χ0n) is 17.7. The molecule has 1 aromatic heterocycles. The summed E-state index contributed by atoms with van der Waals surface area (Å²) in [6.45, 7) is 5.13. The number of amides is 1. The van der Waals surface area contributed by atoms with E-state index in [1.165, 1.54) is 17.3 Å².